The molecular formula is C21H22N2O5. The van der Waals surface area contributed by atoms with Crippen molar-refractivity contribution in [2.24, 2.45) is 0 Å². The number of rotatable bonds is 6. The molecule has 0 bridgehead atoms. The van der Waals surface area contributed by atoms with Crippen molar-refractivity contribution in [3.05, 3.63) is 65.0 Å². The minimum absolute atomic E-state index is 0.0105. The highest BCUT2D eigenvalue weighted by Gasteiger charge is 2.46. The van der Waals surface area contributed by atoms with Crippen LogP contribution in [0.3, 0.4) is 0 Å². The van der Waals surface area contributed by atoms with Crippen LogP contribution in [0.15, 0.2) is 48.2 Å². The van der Waals surface area contributed by atoms with Crippen molar-refractivity contribution in [2.75, 3.05) is 27.4 Å². The third-order valence-corrected chi connectivity index (χ3v) is 4.65. The van der Waals surface area contributed by atoms with Crippen molar-refractivity contribution < 1.29 is 24.2 Å². The molecule has 0 radical (unpaired) electrons. The van der Waals surface area contributed by atoms with E-state index in [0.29, 0.717) is 17.0 Å². The number of benzene rings is 1. The van der Waals surface area contributed by atoms with Gasteiger partial charge in [0, 0.05) is 19.9 Å². The average molecular weight is 382 g/mol. The minimum atomic E-state index is -0.804. The molecule has 3 rings (SSSR count). The molecule has 1 aromatic carbocycles. The second-order valence-electron chi connectivity index (χ2n) is 6.44. The Morgan fingerprint density at radius 1 is 1.21 bits per heavy atom. The molecule has 28 heavy (non-hydrogen) atoms. The van der Waals surface area contributed by atoms with Gasteiger partial charge in [0.15, 0.2) is 0 Å². The van der Waals surface area contributed by atoms with Crippen molar-refractivity contribution in [3.63, 3.8) is 0 Å². The number of likely N-dealkylation sites (tertiary alicyclic amines) is 1. The molecule has 0 saturated carbocycles. The van der Waals surface area contributed by atoms with Gasteiger partial charge in [-0.05, 0) is 31.2 Å². The Morgan fingerprint density at radius 2 is 2.00 bits per heavy atom. The van der Waals surface area contributed by atoms with Crippen LogP contribution < -0.4 is 4.74 Å². The molecule has 0 aliphatic carbocycles. The van der Waals surface area contributed by atoms with E-state index in [9.17, 15) is 14.7 Å². The highest BCUT2D eigenvalue weighted by atomic mass is 16.5. The summed E-state index contributed by atoms with van der Waals surface area (Å²) in [4.78, 5) is 31.2. The largest absolute Gasteiger partial charge is 0.507 e. The zero-order chi connectivity index (χ0) is 20.3. The molecule has 1 atom stereocenters. The summed E-state index contributed by atoms with van der Waals surface area (Å²) in [6.45, 7) is 2.32. The van der Waals surface area contributed by atoms with Gasteiger partial charge in [0.2, 0.25) is 0 Å². The molecular weight excluding hydrogens is 360 g/mol. The molecule has 1 unspecified atom stereocenters. The fraction of sp³-hybridized carbons (Fsp3) is 0.286. The lowest BCUT2D eigenvalue weighted by Gasteiger charge is -2.24. The number of hydrogen-bond acceptors (Lipinski definition) is 6. The highest BCUT2D eigenvalue weighted by molar-refractivity contribution is 6.46. The van der Waals surface area contributed by atoms with E-state index in [2.05, 4.69) is 4.98 Å². The second kappa shape index (κ2) is 8.22. The third-order valence-electron chi connectivity index (χ3n) is 4.65. The van der Waals surface area contributed by atoms with Crippen LogP contribution in [0.2, 0.25) is 0 Å². The lowest BCUT2D eigenvalue weighted by Crippen LogP contribution is -2.33. The number of Topliss-reactive ketones (excluding diaryl/α,β-unsaturated/α-hetero) is 1. The van der Waals surface area contributed by atoms with Gasteiger partial charge in [0.05, 0.1) is 30.5 Å². The molecule has 0 spiro atoms. The summed E-state index contributed by atoms with van der Waals surface area (Å²) in [7, 11) is 3.00. The number of hydrogen-bond donors (Lipinski definition) is 1. The summed E-state index contributed by atoms with van der Waals surface area (Å²) in [5, 5.41) is 11.1. The molecule has 1 aliphatic rings. The Labute approximate surface area is 163 Å². The monoisotopic (exact) mass is 382 g/mol. The van der Waals surface area contributed by atoms with E-state index < -0.39 is 17.7 Å². The van der Waals surface area contributed by atoms with Gasteiger partial charge >= 0.3 is 0 Å². The van der Waals surface area contributed by atoms with Crippen molar-refractivity contribution >= 4 is 17.4 Å². The van der Waals surface area contributed by atoms with Gasteiger partial charge in [-0.1, -0.05) is 17.7 Å². The van der Waals surface area contributed by atoms with Gasteiger partial charge < -0.3 is 19.5 Å². The Balaban J connectivity index is 2.21. The number of carbonyl (C=O) groups is 2. The number of aliphatic hydroxyl groups is 1. The van der Waals surface area contributed by atoms with Crippen LogP contribution >= 0.6 is 0 Å². The average Bonchev–Trinajstić information content (AvgIpc) is 2.97. The van der Waals surface area contributed by atoms with Gasteiger partial charge in [-0.25, -0.2) is 0 Å². The number of ketones is 1. The highest BCUT2D eigenvalue weighted by Crippen LogP contribution is 2.40. The lowest BCUT2D eigenvalue weighted by atomic mass is 9.97. The van der Waals surface area contributed by atoms with E-state index in [4.69, 9.17) is 9.47 Å². The number of ether oxygens (including phenoxy) is 2. The minimum Gasteiger partial charge on any atom is -0.507 e. The van der Waals surface area contributed by atoms with Crippen LogP contribution in [-0.2, 0) is 14.3 Å². The van der Waals surface area contributed by atoms with Gasteiger partial charge in [-0.3, -0.25) is 14.6 Å². The van der Waals surface area contributed by atoms with E-state index in [1.807, 2.05) is 13.0 Å². The number of aryl methyl sites for hydroxylation is 1. The number of aromatic nitrogens is 1. The van der Waals surface area contributed by atoms with Crippen molar-refractivity contribution in [1.82, 2.24) is 9.88 Å². The summed E-state index contributed by atoms with van der Waals surface area (Å²) < 4.78 is 10.4. The van der Waals surface area contributed by atoms with Gasteiger partial charge in [0.25, 0.3) is 11.7 Å². The maximum Gasteiger partial charge on any atom is 0.295 e. The van der Waals surface area contributed by atoms with E-state index in [1.165, 1.54) is 19.1 Å². The second-order valence-corrected chi connectivity index (χ2v) is 6.44. The first kappa shape index (κ1) is 19.6. The standard InChI is InChI=1S/C21H22N2O5/c1-13-7-8-16(28-3)14(12-13)19(24)17-18(15-6-4-5-9-22-15)23(10-11-27-2)21(26)20(17)25/h4-9,12,18,24H,10-11H2,1-3H3/b19-17+. The predicted octanol–water partition coefficient (Wildman–Crippen LogP) is 2.47. The van der Waals surface area contributed by atoms with Crippen LogP contribution in [0.4, 0.5) is 0 Å². The van der Waals surface area contributed by atoms with Crippen LogP contribution in [0.5, 0.6) is 5.75 Å². The summed E-state index contributed by atoms with van der Waals surface area (Å²) in [5.41, 5.74) is 1.72. The molecule has 146 valence electrons. The normalized spacial score (nSPS) is 18.5. The molecule has 1 aliphatic heterocycles. The lowest BCUT2D eigenvalue weighted by molar-refractivity contribution is -0.140. The number of methoxy groups -OCH3 is 2. The molecule has 1 saturated heterocycles. The van der Waals surface area contributed by atoms with Crippen LogP contribution in [-0.4, -0.2) is 54.1 Å². The number of pyridine rings is 1. The summed E-state index contributed by atoms with van der Waals surface area (Å²) >= 11 is 0. The van der Waals surface area contributed by atoms with Gasteiger partial charge in [0.1, 0.15) is 17.6 Å². The van der Waals surface area contributed by atoms with Crippen LogP contribution in [0.25, 0.3) is 5.76 Å². The maximum atomic E-state index is 12.8. The van der Waals surface area contributed by atoms with Gasteiger partial charge in [-0.15, -0.1) is 0 Å². The van der Waals surface area contributed by atoms with Gasteiger partial charge in [-0.2, -0.15) is 0 Å². The van der Waals surface area contributed by atoms with E-state index in [-0.39, 0.29) is 24.5 Å². The number of amides is 1. The van der Waals surface area contributed by atoms with E-state index >= 15 is 0 Å². The van der Waals surface area contributed by atoms with Crippen LogP contribution in [0, 0.1) is 6.92 Å². The molecule has 7 nitrogen and oxygen atoms in total. The number of nitrogens with zero attached hydrogens (tertiary/aromatic N) is 2. The zero-order valence-electron chi connectivity index (χ0n) is 16.0. The summed E-state index contributed by atoms with van der Waals surface area (Å²) in [6.07, 6.45) is 1.58. The number of carbonyl (C=O) groups excluding carboxylic acids is 2. The molecule has 1 amide bonds. The van der Waals surface area contributed by atoms with Crippen LogP contribution in [0.1, 0.15) is 22.9 Å². The first-order valence-corrected chi connectivity index (χ1v) is 8.83. The molecule has 2 heterocycles. The fourth-order valence-corrected chi connectivity index (χ4v) is 3.30. The van der Waals surface area contributed by atoms with E-state index in [0.717, 1.165) is 5.56 Å². The Kier molecular flexibility index (Phi) is 5.75. The SMILES string of the molecule is COCCN1C(=O)C(=O)/C(=C(/O)c2cc(C)ccc2OC)C1c1ccccn1. The summed E-state index contributed by atoms with van der Waals surface area (Å²) in [5.74, 6) is -1.32. The zero-order valence-corrected chi connectivity index (χ0v) is 16.0. The Bertz CT molecular complexity index is 924. The Hall–Kier alpha value is -3.19. The summed E-state index contributed by atoms with van der Waals surface area (Å²) in [6, 6.07) is 9.69. The molecule has 1 N–H and O–H groups in total. The van der Waals surface area contributed by atoms with Crippen molar-refractivity contribution in [3.8, 4) is 5.75 Å². The predicted molar refractivity (Wildman–Crippen MR) is 103 cm³/mol. The number of aliphatic hydroxyl groups excluding tert-OH is 1. The quantitative estimate of drug-likeness (QED) is 0.469. The van der Waals surface area contributed by atoms with E-state index in [1.54, 1.807) is 36.5 Å². The topological polar surface area (TPSA) is 89.0 Å². The smallest absolute Gasteiger partial charge is 0.295 e. The third kappa shape index (κ3) is 3.48. The molecule has 7 heteroatoms. The Morgan fingerprint density at radius 3 is 2.64 bits per heavy atom. The first-order chi connectivity index (χ1) is 13.5. The fourth-order valence-electron chi connectivity index (χ4n) is 3.30. The molecule has 1 fully saturated rings. The van der Waals surface area contributed by atoms with Crippen molar-refractivity contribution in [2.45, 2.75) is 13.0 Å². The first-order valence-electron chi connectivity index (χ1n) is 8.83. The maximum absolute atomic E-state index is 12.8. The van der Waals surface area contributed by atoms with Crippen molar-refractivity contribution in [1.29, 1.82) is 0 Å². The molecule has 2 aromatic rings. The molecule has 1 aromatic heterocycles.